The molecule has 0 amide bonds. The van der Waals surface area contributed by atoms with Gasteiger partial charge in [-0.2, -0.15) is 0 Å². The highest BCUT2D eigenvalue weighted by molar-refractivity contribution is 9.10. The molecule has 0 unspecified atom stereocenters. The highest BCUT2D eigenvalue weighted by Crippen LogP contribution is 2.28. The monoisotopic (exact) mass is 304 g/mol. The van der Waals surface area contributed by atoms with Gasteiger partial charge in [0, 0.05) is 16.7 Å². The molecule has 0 aliphatic rings. The Morgan fingerprint density at radius 2 is 2.29 bits per heavy atom. The van der Waals surface area contributed by atoms with Gasteiger partial charge in [0.2, 0.25) is 0 Å². The van der Waals surface area contributed by atoms with E-state index in [0.717, 1.165) is 0 Å². The number of hydrogen-bond donors (Lipinski definition) is 0. The molecule has 0 saturated heterocycles. The van der Waals surface area contributed by atoms with E-state index in [2.05, 4.69) is 25.7 Å². The highest BCUT2D eigenvalue weighted by Gasteiger charge is 2.23. The van der Waals surface area contributed by atoms with Gasteiger partial charge in [0.1, 0.15) is 0 Å². The Hall–Kier alpha value is -1.70. The molecule has 7 nitrogen and oxygen atoms in total. The molecule has 1 aromatic heterocycles. The number of esters is 1. The fourth-order valence-corrected chi connectivity index (χ4v) is 1.34. The molecule has 1 heterocycles. The van der Waals surface area contributed by atoms with Gasteiger partial charge in [-0.1, -0.05) is 0 Å². The molecule has 1 atom stereocenters. The Labute approximate surface area is 105 Å². The third kappa shape index (κ3) is 3.38. The minimum absolute atomic E-state index is 0.226. The molecular formula is C9H9BrN2O5. The van der Waals surface area contributed by atoms with Gasteiger partial charge < -0.3 is 9.47 Å². The Kier molecular flexibility index (Phi) is 4.38. The number of pyridine rings is 1. The van der Waals surface area contributed by atoms with E-state index in [0.29, 0.717) is 4.47 Å². The Balaban J connectivity index is 2.98. The van der Waals surface area contributed by atoms with Crippen LogP contribution in [-0.2, 0) is 9.53 Å². The summed E-state index contributed by atoms with van der Waals surface area (Å²) in [5.41, 5.74) is -0.324. The Morgan fingerprint density at radius 3 is 2.82 bits per heavy atom. The van der Waals surface area contributed by atoms with E-state index < -0.39 is 17.0 Å². The lowest BCUT2D eigenvalue weighted by Crippen LogP contribution is -2.25. The van der Waals surface area contributed by atoms with E-state index in [1.54, 1.807) is 0 Å². The lowest BCUT2D eigenvalue weighted by molar-refractivity contribution is -0.386. The first kappa shape index (κ1) is 13.4. The number of methoxy groups -OCH3 is 1. The highest BCUT2D eigenvalue weighted by atomic mass is 79.9. The third-order valence-corrected chi connectivity index (χ3v) is 2.25. The summed E-state index contributed by atoms with van der Waals surface area (Å²) in [6.45, 7) is 1.42. The largest absolute Gasteiger partial charge is 0.466 e. The van der Waals surface area contributed by atoms with Crippen LogP contribution in [0.15, 0.2) is 16.7 Å². The summed E-state index contributed by atoms with van der Waals surface area (Å²) >= 11 is 3.06. The molecule has 0 aliphatic heterocycles. The van der Waals surface area contributed by atoms with Gasteiger partial charge in [-0.15, -0.1) is 0 Å². The Bertz CT molecular complexity index is 451. The molecule has 17 heavy (non-hydrogen) atoms. The second-order valence-electron chi connectivity index (χ2n) is 3.02. The van der Waals surface area contributed by atoms with Crippen molar-refractivity contribution in [1.82, 2.24) is 4.98 Å². The molecule has 1 rings (SSSR count). The number of rotatable bonds is 4. The van der Waals surface area contributed by atoms with Gasteiger partial charge >= 0.3 is 11.7 Å². The zero-order chi connectivity index (χ0) is 13.0. The number of ether oxygens (including phenoxy) is 2. The van der Waals surface area contributed by atoms with Crippen molar-refractivity contribution >= 4 is 27.6 Å². The molecule has 8 heteroatoms. The average molecular weight is 305 g/mol. The summed E-state index contributed by atoms with van der Waals surface area (Å²) < 4.78 is 9.95. The van der Waals surface area contributed by atoms with E-state index in [4.69, 9.17) is 4.74 Å². The van der Waals surface area contributed by atoms with Crippen LogP contribution in [0.4, 0.5) is 5.69 Å². The molecule has 92 valence electrons. The molecule has 0 bridgehead atoms. The second-order valence-corrected chi connectivity index (χ2v) is 3.93. The minimum Gasteiger partial charge on any atom is -0.466 e. The second kappa shape index (κ2) is 5.58. The number of halogens is 1. The van der Waals surface area contributed by atoms with Crippen molar-refractivity contribution in [2.75, 3.05) is 7.11 Å². The zero-order valence-corrected chi connectivity index (χ0v) is 10.6. The summed E-state index contributed by atoms with van der Waals surface area (Å²) in [5, 5.41) is 10.7. The number of aromatic nitrogens is 1. The van der Waals surface area contributed by atoms with Gasteiger partial charge in [-0.05, 0) is 22.9 Å². The van der Waals surface area contributed by atoms with Gasteiger partial charge in [0.25, 0.3) is 5.88 Å². The SMILES string of the molecule is COC(=O)[C@H](C)Oc1ncc(Br)cc1[N+](=O)[O-]. The number of carbonyl (C=O) groups excluding carboxylic acids is 1. The van der Waals surface area contributed by atoms with Crippen molar-refractivity contribution in [1.29, 1.82) is 0 Å². The van der Waals surface area contributed by atoms with Crippen molar-refractivity contribution in [3.8, 4) is 5.88 Å². The molecular weight excluding hydrogens is 296 g/mol. The smallest absolute Gasteiger partial charge is 0.346 e. The predicted molar refractivity (Wildman–Crippen MR) is 60.7 cm³/mol. The van der Waals surface area contributed by atoms with Crippen molar-refractivity contribution in [2.45, 2.75) is 13.0 Å². The van der Waals surface area contributed by atoms with Crippen LogP contribution in [0.3, 0.4) is 0 Å². The first-order chi connectivity index (χ1) is 7.95. The average Bonchev–Trinajstić information content (AvgIpc) is 2.29. The molecule has 0 saturated carbocycles. The van der Waals surface area contributed by atoms with E-state index in [9.17, 15) is 14.9 Å². The standard InChI is InChI=1S/C9H9BrN2O5/c1-5(9(13)16-2)17-8-7(12(14)15)3-6(10)4-11-8/h3-5H,1-2H3/t5-/m0/s1. The van der Waals surface area contributed by atoms with Gasteiger partial charge in [0.15, 0.2) is 6.10 Å². The van der Waals surface area contributed by atoms with Crippen LogP contribution in [0.1, 0.15) is 6.92 Å². The summed E-state index contributed by atoms with van der Waals surface area (Å²) in [6, 6.07) is 1.24. The Morgan fingerprint density at radius 1 is 1.65 bits per heavy atom. The number of nitrogens with zero attached hydrogens (tertiary/aromatic N) is 2. The predicted octanol–water partition coefficient (Wildman–Crippen LogP) is 1.69. The summed E-state index contributed by atoms with van der Waals surface area (Å²) in [6.07, 6.45) is 0.374. The fourth-order valence-electron chi connectivity index (χ4n) is 1.02. The van der Waals surface area contributed by atoms with Crippen LogP contribution in [0.2, 0.25) is 0 Å². The van der Waals surface area contributed by atoms with Crippen molar-refractivity contribution in [3.63, 3.8) is 0 Å². The van der Waals surface area contributed by atoms with E-state index in [1.165, 1.54) is 26.3 Å². The van der Waals surface area contributed by atoms with Gasteiger partial charge in [0.05, 0.1) is 12.0 Å². The lowest BCUT2D eigenvalue weighted by Gasteiger charge is -2.11. The third-order valence-electron chi connectivity index (χ3n) is 1.82. The molecule has 1 aromatic rings. The van der Waals surface area contributed by atoms with Crippen LogP contribution in [-0.4, -0.2) is 29.1 Å². The minimum atomic E-state index is -0.965. The van der Waals surface area contributed by atoms with Gasteiger partial charge in [-0.25, -0.2) is 9.78 Å². The van der Waals surface area contributed by atoms with Crippen LogP contribution >= 0.6 is 15.9 Å². The number of hydrogen-bond acceptors (Lipinski definition) is 6. The number of carbonyl (C=O) groups is 1. The maximum Gasteiger partial charge on any atom is 0.346 e. The van der Waals surface area contributed by atoms with E-state index in [1.807, 2.05) is 0 Å². The van der Waals surface area contributed by atoms with Crippen molar-refractivity contribution in [3.05, 3.63) is 26.9 Å². The topological polar surface area (TPSA) is 91.6 Å². The maximum atomic E-state index is 11.1. The van der Waals surface area contributed by atoms with E-state index >= 15 is 0 Å². The van der Waals surface area contributed by atoms with E-state index in [-0.39, 0.29) is 11.6 Å². The van der Waals surface area contributed by atoms with Crippen molar-refractivity contribution < 1.29 is 19.2 Å². The quantitative estimate of drug-likeness (QED) is 0.477. The van der Waals surface area contributed by atoms with Gasteiger partial charge in [-0.3, -0.25) is 10.1 Å². The molecule has 0 aromatic carbocycles. The van der Waals surface area contributed by atoms with Crippen LogP contribution in [0.25, 0.3) is 0 Å². The maximum absolute atomic E-state index is 11.1. The fraction of sp³-hybridized carbons (Fsp3) is 0.333. The number of nitro groups is 1. The molecule has 0 fully saturated rings. The first-order valence-electron chi connectivity index (χ1n) is 4.50. The molecule has 0 aliphatic carbocycles. The normalized spacial score (nSPS) is 11.7. The van der Waals surface area contributed by atoms with Crippen LogP contribution in [0.5, 0.6) is 5.88 Å². The molecule has 0 radical (unpaired) electrons. The molecule has 0 spiro atoms. The van der Waals surface area contributed by atoms with Crippen LogP contribution < -0.4 is 4.74 Å². The molecule has 0 N–H and O–H groups in total. The summed E-state index contributed by atoms with van der Waals surface area (Å²) in [7, 11) is 1.20. The summed E-state index contributed by atoms with van der Waals surface area (Å²) in [4.78, 5) is 24.9. The van der Waals surface area contributed by atoms with Crippen LogP contribution in [0, 0.1) is 10.1 Å². The first-order valence-corrected chi connectivity index (χ1v) is 5.29. The van der Waals surface area contributed by atoms with Crippen molar-refractivity contribution in [2.24, 2.45) is 0 Å². The zero-order valence-electron chi connectivity index (χ0n) is 9.05. The summed E-state index contributed by atoms with van der Waals surface area (Å²) in [5.74, 6) is -0.861. The lowest BCUT2D eigenvalue weighted by atomic mass is 10.4.